The lowest BCUT2D eigenvalue weighted by molar-refractivity contribution is 0.0944. The summed E-state index contributed by atoms with van der Waals surface area (Å²) in [5.74, 6) is 1.09. The third-order valence-electron chi connectivity index (χ3n) is 2.90. The molecular weight excluding hydrogens is 236 g/mol. The lowest BCUT2D eigenvalue weighted by atomic mass is 10.2. The highest BCUT2D eigenvalue weighted by Crippen LogP contribution is 2.25. The molecule has 1 aliphatic rings. The molecule has 0 bridgehead atoms. The summed E-state index contributed by atoms with van der Waals surface area (Å²) in [6, 6.07) is 0. The van der Waals surface area contributed by atoms with Crippen molar-refractivity contribution >= 4 is 23.4 Å². The maximum Gasteiger partial charge on any atom is 0.271 e. The first kappa shape index (κ1) is 12.3. The van der Waals surface area contributed by atoms with Gasteiger partial charge >= 0.3 is 0 Å². The van der Waals surface area contributed by atoms with E-state index in [4.69, 9.17) is 5.73 Å². The molecule has 0 spiro atoms. The van der Waals surface area contributed by atoms with Crippen molar-refractivity contribution < 1.29 is 4.79 Å². The van der Waals surface area contributed by atoms with Gasteiger partial charge in [-0.15, -0.1) is 0 Å². The molecule has 6 heteroatoms. The van der Waals surface area contributed by atoms with Gasteiger partial charge in [0.05, 0.1) is 11.9 Å². The lowest BCUT2D eigenvalue weighted by Gasteiger charge is -2.11. The second kappa shape index (κ2) is 5.44. The van der Waals surface area contributed by atoms with Gasteiger partial charge in [-0.05, 0) is 25.5 Å². The normalized spacial score (nSPS) is 19.5. The Bertz CT molecular complexity index is 398. The van der Waals surface area contributed by atoms with Crippen LogP contribution >= 0.6 is 11.8 Å². The van der Waals surface area contributed by atoms with E-state index in [1.165, 1.54) is 24.8 Å². The van der Waals surface area contributed by atoms with Crippen molar-refractivity contribution in [3.05, 3.63) is 11.9 Å². The molecule has 3 N–H and O–H groups in total. The number of aryl methyl sites for hydroxylation is 1. The van der Waals surface area contributed by atoms with E-state index in [2.05, 4.69) is 10.4 Å². The molecule has 0 aliphatic carbocycles. The first-order valence-electron chi connectivity index (χ1n) is 5.93. The zero-order valence-corrected chi connectivity index (χ0v) is 10.8. The number of carbonyl (C=O) groups excluding carboxylic acids is 1. The highest BCUT2D eigenvalue weighted by Gasteiger charge is 2.19. The van der Waals surface area contributed by atoms with Crippen LogP contribution in [0.3, 0.4) is 0 Å². The van der Waals surface area contributed by atoms with Gasteiger partial charge in [-0.25, -0.2) is 0 Å². The van der Waals surface area contributed by atoms with Crippen molar-refractivity contribution in [3.63, 3.8) is 0 Å². The average Bonchev–Trinajstić information content (AvgIpc) is 2.94. The molecule has 1 aromatic heterocycles. The number of amides is 1. The Kier molecular flexibility index (Phi) is 3.93. The summed E-state index contributed by atoms with van der Waals surface area (Å²) in [6.45, 7) is 3.31. The summed E-state index contributed by atoms with van der Waals surface area (Å²) >= 11 is 1.93. The molecular formula is C11H18N4OS. The molecule has 1 aromatic rings. The number of hydrogen-bond acceptors (Lipinski definition) is 4. The van der Waals surface area contributed by atoms with Crippen molar-refractivity contribution in [1.82, 2.24) is 15.1 Å². The Labute approximate surface area is 105 Å². The third-order valence-corrected chi connectivity index (χ3v) is 4.29. The van der Waals surface area contributed by atoms with E-state index in [1.54, 1.807) is 4.68 Å². The summed E-state index contributed by atoms with van der Waals surface area (Å²) in [4.78, 5) is 12.0. The van der Waals surface area contributed by atoms with E-state index in [-0.39, 0.29) is 5.91 Å². The van der Waals surface area contributed by atoms with Crippen LogP contribution in [-0.4, -0.2) is 33.2 Å². The predicted octanol–water partition coefficient (Wildman–Crippen LogP) is 1.11. The van der Waals surface area contributed by atoms with E-state index in [0.717, 1.165) is 6.54 Å². The van der Waals surface area contributed by atoms with Crippen LogP contribution in [0.2, 0.25) is 0 Å². The standard InChI is InChI=1S/C11H18N4OS/c1-2-15-10(9(12)7-14-15)11(16)13-6-8-4-3-5-17-8/h7-8H,2-6,12H2,1H3,(H,13,16). The molecule has 0 radical (unpaired) electrons. The first-order chi connectivity index (χ1) is 8.22. The minimum atomic E-state index is -0.116. The van der Waals surface area contributed by atoms with E-state index in [0.29, 0.717) is 23.2 Å². The van der Waals surface area contributed by atoms with Crippen LogP contribution in [0.15, 0.2) is 6.20 Å². The number of thioether (sulfide) groups is 1. The number of carbonyl (C=O) groups is 1. The number of hydrogen-bond donors (Lipinski definition) is 2. The van der Waals surface area contributed by atoms with E-state index < -0.39 is 0 Å². The molecule has 17 heavy (non-hydrogen) atoms. The number of nitrogens with one attached hydrogen (secondary N) is 1. The van der Waals surface area contributed by atoms with Gasteiger partial charge < -0.3 is 11.1 Å². The molecule has 1 amide bonds. The quantitative estimate of drug-likeness (QED) is 0.844. The maximum atomic E-state index is 12.0. The van der Waals surface area contributed by atoms with Crippen LogP contribution in [0.4, 0.5) is 5.69 Å². The first-order valence-corrected chi connectivity index (χ1v) is 6.98. The Balaban J connectivity index is 1.96. The second-order valence-corrected chi connectivity index (χ2v) is 5.52. The molecule has 94 valence electrons. The van der Waals surface area contributed by atoms with Crippen LogP contribution in [0.1, 0.15) is 30.3 Å². The monoisotopic (exact) mass is 254 g/mol. The summed E-state index contributed by atoms with van der Waals surface area (Å²) in [5.41, 5.74) is 6.68. The largest absolute Gasteiger partial charge is 0.396 e. The SMILES string of the molecule is CCn1ncc(N)c1C(=O)NCC1CCCS1. The summed E-state index contributed by atoms with van der Waals surface area (Å²) < 4.78 is 1.63. The van der Waals surface area contributed by atoms with Gasteiger partial charge in [0.25, 0.3) is 5.91 Å². The molecule has 1 saturated heterocycles. The van der Waals surface area contributed by atoms with Crippen LogP contribution in [0.5, 0.6) is 0 Å². The maximum absolute atomic E-state index is 12.0. The van der Waals surface area contributed by atoms with Crippen molar-refractivity contribution in [2.45, 2.75) is 31.6 Å². The summed E-state index contributed by atoms with van der Waals surface area (Å²) in [7, 11) is 0. The molecule has 1 atom stereocenters. The van der Waals surface area contributed by atoms with Crippen molar-refractivity contribution in [2.24, 2.45) is 0 Å². The number of nitrogens with two attached hydrogens (primary N) is 1. The fourth-order valence-corrected chi connectivity index (χ4v) is 3.18. The third kappa shape index (κ3) is 2.74. The van der Waals surface area contributed by atoms with Gasteiger partial charge in [-0.3, -0.25) is 9.48 Å². The topological polar surface area (TPSA) is 72.9 Å². The fraction of sp³-hybridized carbons (Fsp3) is 0.636. The van der Waals surface area contributed by atoms with E-state index in [1.807, 2.05) is 18.7 Å². The molecule has 0 saturated carbocycles. The predicted molar refractivity (Wildman–Crippen MR) is 70.1 cm³/mol. The number of rotatable bonds is 4. The van der Waals surface area contributed by atoms with Crippen LogP contribution in [0.25, 0.3) is 0 Å². The fourth-order valence-electron chi connectivity index (χ4n) is 1.98. The average molecular weight is 254 g/mol. The molecule has 1 unspecified atom stereocenters. The molecule has 1 aliphatic heterocycles. The van der Waals surface area contributed by atoms with E-state index >= 15 is 0 Å². The Hall–Kier alpha value is -1.17. The van der Waals surface area contributed by atoms with Gasteiger partial charge in [0.15, 0.2) is 0 Å². The van der Waals surface area contributed by atoms with Crippen LogP contribution in [0, 0.1) is 0 Å². The van der Waals surface area contributed by atoms with Gasteiger partial charge in [-0.2, -0.15) is 16.9 Å². The van der Waals surface area contributed by atoms with Gasteiger partial charge in [-0.1, -0.05) is 0 Å². The smallest absolute Gasteiger partial charge is 0.271 e. The number of anilines is 1. The number of nitrogens with zero attached hydrogens (tertiary/aromatic N) is 2. The van der Waals surface area contributed by atoms with E-state index in [9.17, 15) is 4.79 Å². The molecule has 0 aromatic carbocycles. The van der Waals surface area contributed by atoms with Gasteiger partial charge in [0.2, 0.25) is 0 Å². The Morgan fingerprint density at radius 1 is 1.76 bits per heavy atom. The lowest BCUT2D eigenvalue weighted by Crippen LogP contribution is -2.31. The van der Waals surface area contributed by atoms with Gasteiger partial charge in [0.1, 0.15) is 5.69 Å². The molecule has 1 fully saturated rings. The van der Waals surface area contributed by atoms with Crippen molar-refractivity contribution in [3.8, 4) is 0 Å². The summed E-state index contributed by atoms with van der Waals surface area (Å²) in [6.07, 6.45) is 3.97. The highest BCUT2D eigenvalue weighted by atomic mass is 32.2. The van der Waals surface area contributed by atoms with Crippen molar-refractivity contribution in [1.29, 1.82) is 0 Å². The minimum Gasteiger partial charge on any atom is -0.396 e. The second-order valence-electron chi connectivity index (χ2n) is 4.11. The van der Waals surface area contributed by atoms with Crippen molar-refractivity contribution in [2.75, 3.05) is 18.0 Å². The number of nitrogen functional groups attached to an aromatic ring is 1. The van der Waals surface area contributed by atoms with Gasteiger partial charge in [0, 0.05) is 18.3 Å². The minimum absolute atomic E-state index is 0.116. The Morgan fingerprint density at radius 2 is 2.59 bits per heavy atom. The molecule has 2 rings (SSSR count). The summed E-state index contributed by atoms with van der Waals surface area (Å²) in [5, 5.41) is 7.56. The zero-order valence-electron chi connectivity index (χ0n) is 9.98. The molecule has 2 heterocycles. The zero-order chi connectivity index (χ0) is 12.3. The highest BCUT2D eigenvalue weighted by molar-refractivity contribution is 8.00. The van der Waals surface area contributed by atoms with Crippen LogP contribution in [-0.2, 0) is 6.54 Å². The Morgan fingerprint density at radius 3 is 3.24 bits per heavy atom. The molecule has 5 nitrogen and oxygen atoms in total. The van der Waals surface area contributed by atoms with Crippen LogP contribution < -0.4 is 11.1 Å². The number of aromatic nitrogens is 2.